The summed E-state index contributed by atoms with van der Waals surface area (Å²) in [4.78, 5) is 0. The van der Waals surface area contributed by atoms with E-state index in [-0.39, 0.29) is 12.4 Å². The smallest absolute Gasteiger partial charge is 0.162 e. The van der Waals surface area contributed by atoms with E-state index in [0.717, 1.165) is 0 Å². The van der Waals surface area contributed by atoms with Crippen LogP contribution >= 0.6 is 0 Å². The molecule has 0 saturated carbocycles. The molecule has 2 N–H and O–H groups in total. The minimum absolute atomic E-state index is 0.134. The number of ether oxygens (including phenoxy) is 1. The van der Waals surface area contributed by atoms with Gasteiger partial charge >= 0.3 is 0 Å². The Labute approximate surface area is 75.4 Å². The third kappa shape index (κ3) is 3.23. The molecule has 0 aliphatic carbocycles. The lowest BCUT2D eigenvalue weighted by molar-refractivity contribution is -0.538. The number of halogens is 1. The van der Waals surface area contributed by atoms with Crippen LogP contribution < -0.4 is 10.2 Å². The van der Waals surface area contributed by atoms with Crippen LogP contribution in [0.3, 0.4) is 0 Å². The molecule has 0 aliphatic heterocycles. The Morgan fingerprint density at radius 3 is 2.62 bits per heavy atom. The number of benzene rings is 1. The topological polar surface area (TPSA) is 48.9 Å². The van der Waals surface area contributed by atoms with E-state index in [1.807, 2.05) is 0 Å². The highest BCUT2D eigenvalue weighted by Crippen LogP contribution is 2.10. The van der Waals surface area contributed by atoms with Gasteiger partial charge in [0.25, 0.3) is 0 Å². The second-order valence-corrected chi connectivity index (χ2v) is 2.52. The zero-order valence-corrected chi connectivity index (χ0v) is 7.00. The minimum atomic E-state index is -0.318. The monoisotopic (exact) mass is 183 g/mol. The number of nitrogens with two attached hydrogens (primary N) is 1. The van der Waals surface area contributed by atoms with Gasteiger partial charge in [-0.25, -0.2) is 4.39 Å². The summed E-state index contributed by atoms with van der Waals surface area (Å²) in [6.45, 7) is 3.57. The normalized spacial score (nSPS) is 9.69. The average Bonchev–Trinajstić information content (AvgIpc) is 2.16. The maximum absolute atomic E-state index is 12.4. The Hall–Kier alpha value is -1.39. The first-order valence-corrected chi connectivity index (χ1v) is 3.73. The van der Waals surface area contributed by atoms with Gasteiger partial charge in [0.15, 0.2) is 6.61 Å². The molecule has 0 bridgehead atoms. The van der Waals surface area contributed by atoms with Crippen LogP contribution in [-0.4, -0.2) is 6.61 Å². The van der Waals surface area contributed by atoms with Gasteiger partial charge in [-0.05, 0) is 30.8 Å². The molecular formula is C9H10FNO2. The molecule has 1 rings (SSSR count). The molecule has 0 amide bonds. The molecule has 0 fully saturated rings. The van der Waals surface area contributed by atoms with Gasteiger partial charge in [-0.1, -0.05) is 0 Å². The van der Waals surface area contributed by atoms with E-state index in [1.54, 1.807) is 0 Å². The van der Waals surface area contributed by atoms with Crippen molar-refractivity contribution in [1.82, 2.24) is 0 Å². The minimum Gasteiger partial charge on any atom is -0.631 e. The van der Waals surface area contributed by atoms with Crippen molar-refractivity contribution in [2.24, 2.45) is 0 Å². The molecule has 4 heteroatoms. The summed E-state index contributed by atoms with van der Waals surface area (Å²) in [7, 11) is 0. The lowest BCUT2D eigenvalue weighted by Gasteiger charge is -2.07. The molecule has 0 aromatic heterocycles. The van der Waals surface area contributed by atoms with Crippen molar-refractivity contribution in [2.75, 3.05) is 6.61 Å². The molecule has 0 heterocycles. The molecule has 0 aliphatic rings. The van der Waals surface area contributed by atoms with Gasteiger partial charge in [0.05, 0.1) is 0 Å². The summed E-state index contributed by atoms with van der Waals surface area (Å²) < 4.78 is 17.5. The molecule has 0 saturated heterocycles. The van der Waals surface area contributed by atoms with Crippen molar-refractivity contribution in [3.05, 3.63) is 47.6 Å². The molecular weight excluding hydrogens is 173 g/mol. The Kier molecular flexibility index (Phi) is 3.42. The van der Waals surface area contributed by atoms with Gasteiger partial charge in [0.1, 0.15) is 17.3 Å². The fourth-order valence-electron chi connectivity index (χ4n) is 0.741. The molecule has 0 atom stereocenters. The van der Waals surface area contributed by atoms with Crippen LogP contribution in [0.25, 0.3) is 0 Å². The van der Waals surface area contributed by atoms with Gasteiger partial charge in [0.2, 0.25) is 0 Å². The summed E-state index contributed by atoms with van der Waals surface area (Å²) in [6.07, 6.45) is 0. The van der Waals surface area contributed by atoms with Crippen molar-refractivity contribution in [3.63, 3.8) is 0 Å². The highest BCUT2D eigenvalue weighted by Gasteiger charge is 1.96. The van der Waals surface area contributed by atoms with E-state index in [9.17, 15) is 9.60 Å². The Bertz CT molecular complexity index is 284. The highest BCUT2D eigenvalue weighted by molar-refractivity contribution is 5.22. The van der Waals surface area contributed by atoms with E-state index >= 15 is 0 Å². The van der Waals surface area contributed by atoms with Gasteiger partial charge in [-0.2, -0.15) is 0 Å². The van der Waals surface area contributed by atoms with Crippen molar-refractivity contribution in [3.8, 4) is 5.75 Å². The summed E-state index contributed by atoms with van der Waals surface area (Å²) in [5.41, 5.74) is 0.980. The van der Waals surface area contributed by atoms with Crippen molar-refractivity contribution >= 4 is 0 Å². The first-order valence-electron chi connectivity index (χ1n) is 3.73. The quantitative estimate of drug-likeness (QED) is 0.701. The van der Waals surface area contributed by atoms with Crippen LogP contribution in [0.4, 0.5) is 4.39 Å². The second kappa shape index (κ2) is 4.59. The highest BCUT2D eigenvalue weighted by atomic mass is 19.1. The number of hydrogen-bond donors (Lipinski definition) is 1. The van der Waals surface area contributed by atoms with E-state index in [2.05, 4.69) is 6.58 Å². The van der Waals surface area contributed by atoms with Gasteiger partial charge < -0.3 is 15.4 Å². The third-order valence-electron chi connectivity index (χ3n) is 1.40. The largest absolute Gasteiger partial charge is 0.631 e. The molecule has 3 nitrogen and oxygen atoms in total. The fraction of sp³-hybridized carbons (Fsp3) is 0.111. The van der Waals surface area contributed by atoms with Crippen molar-refractivity contribution in [1.29, 1.82) is 0 Å². The van der Waals surface area contributed by atoms with Gasteiger partial charge in [-0.3, -0.25) is 0 Å². The van der Waals surface area contributed by atoms with E-state index < -0.39 is 0 Å². The maximum atomic E-state index is 12.4. The second-order valence-electron chi connectivity index (χ2n) is 2.52. The Balaban J connectivity index is 2.46. The van der Waals surface area contributed by atoms with Crippen LogP contribution in [-0.2, 0) is 0 Å². The van der Waals surface area contributed by atoms with Gasteiger partial charge in [-0.15, -0.1) is 0 Å². The lowest BCUT2D eigenvalue weighted by Crippen LogP contribution is -2.75. The van der Waals surface area contributed by atoms with Crippen molar-refractivity contribution < 1.29 is 14.6 Å². The van der Waals surface area contributed by atoms with Gasteiger partial charge in [0, 0.05) is 0 Å². The van der Waals surface area contributed by atoms with Crippen LogP contribution in [0.15, 0.2) is 36.5 Å². The SMILES string of the molecule is C=C(COc1ccc(F)cc1)[NH2+][O-]. The zero-order valence-electron chi connectivity index (χ0n) is 7.00. The molecule has 1 aromatic rings. The molecule has 1 aromatic carbocycles. The van der Waals surface area contributed by atoms with Crippen LogP contribution in [0.2, 0.25) is 0 Å². The van der Waals surface area contributed by atoms with Crippen LogP contribution in [0.5, 0.6) is 5.75 Å². The predicted octanol–water partition coefficient (Wildman–Crippen LogP) is 0.779. The summed E-state index contributed by atoms with van der Waals surface area (Å²) in [5, 5.41) is 10.1. The molecule has 0 radical (unpaired) electrons. The summed E-state index contributed by atoms with van der Waals surface area (Å²) >= 11 is 0. The number of rotatable bonds is 4. The Morgan fingerprint density at radius 2 is 2.08 bits per heavy atom. The van der Waals surface area contributed by atoms with Crippen molar-refractivity contribution in [2.45, 2.75) is 0 Å². The number of hydroxylamine groups is 1. The number of quaternary nitrogens is 1. The predicted molar refractivity (Wildman–Crippen MR) is 46.3 cm³/mol. The average molecular weight is 183 g/mol. The summed E-state index contributed by atoms with van der Waals surface area (Å²) in [5.74, 6) is 0.200. The first-order chi connectivity index (χ1) is 6.22. The molecule has 13 heavy (non-hydrogen) atoms. The zero-order chi connectivity index (χ0) is 9.68. The molecule has 0 spiro atoms. The molecule has 0 unspecified atom stereocenters. The van der Waals surface area contributed by atoms with E-state index in [4.69, 9.17) is 4.74 Å². The fourth-order valence-corrected chi connectivity index (χ4v) is 0.741. The third-order valence-corrected chi connectivity index (χ3v) is 1.40. The standard InChI is InChI=1S/C9H10FNO2/c1-7(11-12)6-13-9-4-2-8(10)3-5-9/h2-5H,1,6,11H2. The van der Waals surface area contributed by atoms with E-state index in [1.165, 1.54) is 24.3 Å². The van der Waals surface area contributed by atoms with Crippen LogP contribution in [0.1, 0.15) is 0 Å². The lowest BCUT2D eigenvalue weighted by atomic mass is 10.3. The summed E-state index contributed by atoms with van der Waals surface area (Å²) in [6, 6.07) is 5.57. The Morgan fingerprint density at radius 1 is 1.46 bits per heavy atom. The number of hydrogen-bond acceptors (Lipinski definition) is 2. The van der Waals surface area contributed by atoms with E-state index in [0.29, 0.717) is 16.9 Å². The maximum Gasteiger partial charge on any atom is 0.162 e. The molecule has 70 valence electrons. The van der Waals surface area contributed by atoms with Crippen LogP contribution in [0, 0.1) is 11.0 Å². The first kappa shape index (κ1) is 9.70.